The number of amides is 3. The Morgan fingerprint density at radius 2 is 1.58 bits per heavy atom. The molecule has 6 atom stereocenters. The van der Waals surface area contributed by atoms with Crippen LogP contribution < -0.4 is 16.0 Å². The summed E-state index contributed by atoms with van der Waals surface area (Å²) in [6, 6.07) is 6.80. The topological polar surface area (TPSA) is 148 Å². The molecule has 0 bridgehead atoms. The third kappa shape index (κ3) is 11.0. The van der Waals surface area contributed by atoms with Gasteiger partial charge in [0.05, 0.1) is 29.5 Å². The summed E-state index contributed by atoms with van der Waals surface area (Å²) < 4.78 is 24.3. The van der Waals surface area contributed by atoms with Crippen LogP contribution in [0, 0.1) is 11.8 Å². The Labute approximate surface area is 288 Å². The molecule has 1 aromatic rings. The van der Waals surface area contributed by atoms with E-state index < -0.39 is 56.2 Å². The third-order valence-corrected chi connectivity index (χ3v) is 12.4. The highest BCUT2D eigenvalue weighted by atomic mass is 32.2. The normalized spacial score (nSPS) is 22.7. The van der Waals surface area contributed by atoms with Crippen molar-refractivity contribution in [3.63, 3.8) is 0 Å². The predicted molar refractivity (Wildman–Crippen MR) is 190 cm³/mol. The van der Waals surface area contributed by atoms with Crippen LogP contribution in [0.3, 0.4) is 0 Å². The first-order valence-electron chi connectivity index (χ1n) is 17.7. The molecule has 11 nitrogen and oxygen atoms in total. The molecule has 0 spiro atoms. The van der Waals surface area contributed by atoms with E-state index >= 15 is 0 Å². The minimum Gasteiger partial charge on any atom is -0.390 e. The van der Waals surface area contributed by atoms with Gasteiger partial charge in [0, 0.05) is 24.9 Å². The molecule has 2 aliphatic rings. The fourth-order valence-electron chi connectivity index (χ4n) is 7.04. The highest BCUT2D eigenvalue weighted by molar-refractivity contribution is 7.92. The van der Waals surface area contributed by atoms with Gasteiger partial charge in [-0.25, -0.2) is 8.42 Å². The number of sulfone groups is 1. The second-order valence-electron chi connectivity index (χ2n) is 15.5. The second-order valence-corrected chi connectivity index (χ2v) is 18.1. The van der Waals surface area contributed by atoms with Gasteiger partial charge < -0.3 is 21.1 Å². The van der Waals surface area contributed by atoms with Crippen molar-refractivity contribution >= 4 is 27.6 Å². The number of β-amino-alcohol motifs (C(OH)–C–C–N with tert-alkyl or cyclic N) is 1. The molecule has 0 radical (unpaired) electrons. The third-order valence-electron chi connectivity index (χ3n) is 10.3. The van der Waals surface area contributed by atoms with Crippen LogP contribution in [-0.4, -0.2) is 115 Å². The SMILES string of the molecule is CCN(CC)CC(=O)N[C@H](C(=O)NC(Cc1ccccc1)C(O)CN1C[C@H]2CCCC[C@H]2CC1C(=O)NC(C)(C)C)C(C)(C)S(C)(=O)=O. The number of carbonyl (C=O) groups is 3. The van der Waals surface area contributed by atoms with Gasteiger partial charge in [0.1, 0.15) is 6.04 Å². The first-order valence-corrected chi connectivity index (χ1v) is 19.5. The number of likely N-dealkylation sites (N-methyl/N-ethyl adjacent to an activating group) is 1. The van der Waals surface area contributed by atoms with Crippen molar-refractivity contribution in [3.05, 3.63) is 35.9 Å². The Morgan fingerprint density at radius 3 is 2.15 bits per heavy atom. The number of nitrogens with zero attached hydrogens (tertiary/aromatic N) is 2. The molecule has 3 amide bonds. The Hall–Kier alpha value is -2.54. The van der Waals surface area contributed by atoms with Crippen LogP contribution in [0.2, 0.25) is 0 Å². The molecule has 12 heteroatoms. The summed E-state index contributed by atoms with van der Waals surface area (Å²) in [6.07, 6.45) is 5.46. The first-order chi connectivity index (χ1) is 22.4. The van der Waals surface area contributed by atoms with Crippen LogP contribution in [0.4, 0.5) is 0 Å². The Kier molecular flexibility index (Phi) is 14.1. The number of aliphatic hydroxyl groups is 1. The summed E-state index contributed by atoms with van der Waals surface area (Å²) in [5, 5.41) is 20.7. The molecule has 1 aliphatic heterocycles. The van der Waals surface area contributed by atoms with E-state index in [9.17, 15) is 27.9 Å². The largest absolute Gasteiger partial charge is 0.390 e. The summed E-state index contributed by atoms with van der Waals surface area (Å²) in [4.78, 5) is 44.8. The van der Waals surface area contributed by atoms with Gasteiger partial charge in [0.2, 0.25) is 17.7 Å². The van der Waals surface area contributed by atoms with Crippen molar-refractivity contribution in [1.82, 2.24) is 25.8 Å². The molecule has 1 saturated heterocycles. The van der Waals surface area contributed by atoms with E-state index in [2.05, 4.69) is 20.9 Å². The van der Waals surface area contributed by atoms with Crippen molar-refractivity contribution < 1.29 is 27.9 Å². The Morgan fingerprint density at radius 1 is 0.979 bits per heavy atom. The standard InChI is InChI=1S/C36H61N5O6S/c1-9-40(10-2)24-31(43)38-32(36(6,7)48(8,46)47)34(45)37-28(20-25-16-12-11-13-17-25)30(42)23-41-22-27-19-15-14-18-26(27)21-29(41)33(44)39-35(3,4)5/h11-13,16-17,26-30,32,42H,9-10,14-15,18-24H2,1-8H3,(H,37,45)(H,38,43)(H,39,44)/t26-,27+,28?,29?,30?,32+/m0/s1. The number of benzene rings is 1. The number of likely N-dealkylation sites (tertiary alicyclic amines) is 1. The highest BCUT2D eigenvalue weighted by Crippen LogP contribution is 2.39. The number of fused-ring (bicyclic) bond motifs is 1. The number of hydrogen-bond acceptors (Lipinski definition) is 8. The summed E-state index contributed by atoms with van der Waals surface area (Å²) in [7, 11) is -3.82. The number of piperidine rings is 1. The van der Waals surface area contributed by atoms with E-state index in [1.807, 2.05) is 69.9 Å². The summed E-state index contributed by atoms with van der Waals surface area (Å²) in [6.45, 7) is 14.7. The predicted octanol–water partition coefficient (Wildman–Crippen LogP) is 2.52. The van der Waals surface area contributed by atoms with Gasteiger partial charge in [0.25, 0.3) is 0 Å². The minimum atomic E-state index is -3.82. The lowest BCUT2D eigenvalue weighted by Gasteiger charge is -2.47. The summed E-state index contributed by atoms with van der Waals surface area (Å²) in [5.41, 5.74) is 0.463. The van der Waals surface area contributed by atoms with Gasteiger partial charge in [-0.05, 0) is 84.4 Å². The Balaban J connectivity index is 1.92. The highest BCUT2D eigenvalue weighted by Gasteiger charge is 2.46. The molecule has 1 heterocycles. The molecular formula is C36H61N5O6S. The smallest absolute Gasteiger partial charge is 0.244 e. The molecule has 272 valence electrons. The zero-order valence-electron chi connectivity index (χ0n) is 30.4. The molecular weight excluding hydrogens is 630 g/mol. The fourth-order valence-corrected chi connectivity index (χ4v) is 7.63. The van der Waals surface area contributed by atoms with Crippen LogP contribution >= 0.6 is 0 Å². The lowest BCUT2D eigenvalue weighted by Crippen LogP contribution is -2.64. The molecule has 0 aromatic heterocycles. The monoisotopic (exact) mass is 691 g/mol. The summed E-state index contributed by atoms with van der Waals surface area (Å²) >= 11 is 0. The van der Waals surface area contributed by atoms with Crippen LogP contribution in [0.5, 0.6) is 0 Å². The molecule has 1 saturated carbocycles. The minimum absolute atomic E-state index is 0.0157. The van der Waals surface area contributed by atoms with Gasteiger partial charge in [-0.1, -0.05) is 63.4 Å². The maximum Gasteiger partial charge on any atom is 0.244 e. The van der Waals surface area contributed by atoms with Crippen molar-refractivity contribution in [2.75, 3.05) is 39.0 Å². The van der Waals surface area contributed by atoms with E-state index in [0.717, 1.165) is 37.5 Å². The molecule has 4 N–H and O–H groups in total. The van der Waals surface area contributed by atoms with E-state index in [1.54, 1.807) is 0 Å². The van der Waals surface area contributed by atoms with Crippen LogP contribution in [0.1, 0.15) is 86.1 Å². The van der Waals surface area contributed by atoms with Crippen LogP contribution in [-0.2, 0) is 30.6 Å². The molecule has 1 aliphatic carbocycles. The lowest BCUT2D eigenvalue weighted by molar-refractivity contribution is -0.133. The average molecular weight is 692 g/mol. The number of nitrogens with one attached hydrogen (secondary N) is 3. The number of hydrogen-bond donors (Lipinski definition) is 4. The van der Waals surface area contributed by atoms with Crippen molar-refractivity contribution in [2.45, 2.75) is 122 Å². The number of rotatable bonds is 15. The lowest BCUT2D eigenvalue weighted by atomic mass is 9.72. The van der Waals surface area contributed by atoms with E-state index in [4.69, 9.17) is 0 Å². The van der Waals surface area contributed by atoms with Crippen LogP contribution in [0.15, 0.2) is 30.3 Å². The van der Waals surface area contributed by atoms with Crippen molar-refractivity contribution in [1.29, 1.82) is 0 Å². The number of carbonyl (C=O) groups excluding carboxylic acids is 3. The van der Waals surface area contributed by atoms with Crippen molar-refractivity contribution in [2.24, 2.45) is 11.8 Å². The summed E-state index contributed by atoms with van der Waals surface area (Å²) in [5.74, 6) is -0.312. The zero-order valence-corrected chi connectivity index (χ0v) is 31.2. The molecule has 3 rings (SSSR count). The van der Waals surface area contributed by atoms with E-state index in [1.165, 1.54) is 20.3 Å². The van der Waals surface area contributed by atoms with Gasteiger partial charge in [-0.3, -0.25) is 24.2 Å². The average Bonchev–Trinajstić information content (AvgIpc) is 3.00. The number of aliphatic hydroxyl groups excluding tert-OH is 1. The van der Waals surface area contributed by atoms with E-state index in [-0.39, 0.29) is 25.4 Å². The quantitative estimate of drug-likeness (QED) is 0.220. The zero-order chi connectivity index (χ0) is 35.9. The second kappa shape index (κ2) is 16.9. The molecule has 1 aromatic carbocycles. The van der Waals surface area contributed by atoms with Gasteiger partial charge in [0.15, 0.2) is 9.84 Å². The van der Waals surface area contributed by atoms with Gasteiger partial charge in [-0.2, -0.15) is 0 Å². The first kappa shape index (κ1) is 39.9. The maximum absolute atomic E-state index is 14.1. The van der Waals surface area contributed by atoms with Gasteiger partial charge >= 0.3 is 0 Å². The Bertz CT molecular complexity index is 1330. The fraction of sp³-hybridized carbons (Fsp3) is 0.750. The maximum atomic E-state index is 14.1. The van der Waals surface area contributed by atoms with Crippen molar-refractivity contribution in [3.8, 4) is 0 Å². The molecule has 2 fully saturated rings. The van der Waals surface area contributed by atoms with E-state index in [0.29, 0.717) is 31.5 Å². The molecule has 3 unspecified atom stereocenters. The van der Waals surface area contributed by atoms with Crippen LogP contribution in [0.25, 0.3) is 0 Å². The van der Waals surface area contributed by atoms with Gasteiger partial charge in [-0.15, -0.1) is 0 Å². The molecule has 48 heavy (non-hydrogen) atoms.